The molecule has 20 heteroatoms. The second-order valence-corrected chi connectivity index (χ2v) is 29.2. The minimum atomic E-state index is -3.64. The SMILES string of the molecule is COc1cc(CN(CCc2ccccn2)C(=O)C(C)CCc2ccccc2)ccc1OCc1ccccc1.COc1cc(CN(CCc2ccncc2)S(=O)(=O)c2cccs2)ccc1OCc1ccccc1.COc1cc(CN(CCc2ccncc2)S(C)(=O)=O)ccc1OCc1ccccc1. The number of amides is 1. The minimum absolute atomic E-state index is 0.0886. The zero-order valence-corrected chi connectivity index (χ0v) is 60.7. The molecule has 0 aliphatic rings. The first-order chi connectivity index (χ1) is 49.6. The molecule has 0 saturated carbocycles. The number of aromatic nitrogens is 3. The van der Waals surface area contributed by atoms with Gasteiger partial charge < -0.3 is 33.3 Å². The summed E-state index contributed by atoms with van der Waals surface area (Å²) in [4.78, 5) is 28.0. The van der Waals surface area contributed by atoms with Crippen molar-refractivity contribution in [3.8, 4) is 34.5 Å². The number of carbonyl (C=O) groups excluding carboxylic acids is 1. The molecule has 0 N–H and O–H groups in total. The van der Waals surface area contributed by atoms with Crippen LogP contribution in [0.25, 0.3) is 0 Å². The van der Waals surface area contributed by atoms with Crippen LogP contribution in [0.5, 0.6) is 34.5 Å². The maximum absolute atomic E-state index is 13.6. The van der Waals surface area contributed by atoms with Crippen LogP contribution in [0.2, 0.25) is 0 Å². The monoisotopic (exact) mass is 1430 g/mol. The van der Waals surface area contributed by atoms with Gasteiger partial charge in [-0.25, -0.2) is 16.8 Å². The van der Waals surface area contributed by atoms with Crippen LogP contribution >= 0.6 is 11.3 Å². The highest BCUT2D eigenvalue weighted by molar-refractivity contribution is 7.91. The van der Waals surface area contributed by atoms with E-state index in [1.165, 1.54) is 31.8 Å². The summed E-state index contributed by atoms with van der Waals surface area (Å²) in [6, 6.07) is 74.0. The van der Waals surface area contributed by atoms with Crippen molar-refractivity contribution >= 4 is 37.3 Å². The van der Waals surface area contributed by atoms with Crippen LogP contribution in [-0.4, -0.2) is 98.4 Å². The summed E-state index contributed by atoms with van der Waals surface area (Å²) in [6.45, 7) is 5.65. The number of benzene rings is 7. The molecule has 4 aromatic heterocycles. The van der Waals surface area contributed by atoms with Gasteiger partial charge in [0.1, 0.15) is 24.0 Å². The van der Waals surface area contributed by atoms with Gasteiger partial charge in [0, 0.05) is 88.3 Å². The molecule has 4 heterocycles. The second-order valence-electron chi connectivity index (χ2n) is 24.1. The first kappa shape index (κ1) is 76.0. The zero-order chi connectivity index (χ0) is 71.8. The number of sulfonamides is 2. The zero-order valence-electron chi connectivity index (χ0n) is 58.3. The van der Waals surface area contributed by atoms with Crippen molar-refractivity contribution in [3.05, 3.63) is 323 Å². The number of hydrogen-bond acceptors (Lipinski definition) is 15. The first-order valence-electron chi connectivity index (χ1n) is 33.6. The third-order valence-corrected chi connectivity index (χ3v) is 21.1. The van der Waals surface area contributed by atoms with Crippen LogP contribution < -0.4 is 28.4 Å². The summed E-state index contributed by atoms with van der Waals surface area (Å²) in [5.74, 6) is 3.78. The van der Waals surface area contributed by atoms with Crippen molar-refractivity contribution in [2.45, 2.75) is 82.7 Å². The van der Waals surface area contributed by atoms with E-state index in [0.717, 1.165) is 63.0 Å². The topological polar surface area (TPSA) is 189 Å². The Kier molecular flexibility index (Phi) is 29.6. The summed E-state index contributed by atoms with van der Waals surface area (Å²) in [7, 11) is -2.20. The summed E-state index contributed by atoms with van der Waals surface area (Å²) < 4.78 is 89.1. The molecule has 0 aliphatic heterocycles. The van der Waals surface area contributed by atoms with Crippen LogP contribution in [-0.2, 0) is 90.0 Å². The minimum Gasteiger partial charge on any atom is -0.493 e. The standard InChI is InChI=1S/C33H36N2O3.C26H26N2O4S2.C23H26N2O4S/c1-26(16-17-27-11-5-3-6-12-27)33(36)35(22-20-30-15-9-10-21-34-30)24-29-18-19-31(32(23-29)37-2)38-25-28-13-7-4-8-14-28;1-31-25-18-23(9-10-24(25)32-20-22-6-3-2-4-7-22)19-28(16-13-21-11-14-27-15-12-21)34(29,30)26-8-5-17-33-26;1-28-23-16-21(8-9-22(23)29-18-20-6-4-3-5-7-20)17-25(30(2,26)27)15-12-19-10-13-24-14-11-19/h3-15,18-19,21,23,26H,16-17,20,22,24-25H2,1-2H3;2-12,14-15,17-18H,13,16,19-20H2,1H3;3-11,13-14,16H,12,15,17-18H2,1-2H3. The molecule has 11 rings (SSSR count). The Hall–Kier alpha value is -10.2. The molecule has 530 valence electrons. The highest BCUT2D eigenvalue weighted by atomic mass is 32.2. The molecule has 1 unspecified atom stereocenters. The third kappa shape index (κ3) is 24.3. The summed E-state index contributed by atoms with van der Waals surface area (Å²) >= 11 is 1.22. The van der Waals surface area contributed by atoms with Crippen LogP contribution in [0.3, 0.4) is 0 Å². The van der Waals surface area contributed by atoms with Crippen molar-refractivity contribution in [1.29, 1.82) is 0 Å². The van der Waals surface area contributed by atoms with Gasteiger partial charge >= 0.3 is 0 Å². The van der Waals surface area contributed by atoms with Gasteiger partial charge in [-0.05, 0) is 160 Å². The molecule has 0 radical (unpaired) electrons. The number of aryl methyl sites for hydroxylation is 1. The summed E-state index contributed by atoms with van der Waals surface area (Å²) in [5, 5.41) is 1.77. The van der Waals surface area contributed by atoms with Gasteiger partial charge in [-0.1, -0.05) is 159 Å². The number of pyridine rings is 3. The highest BCUT2D eigenvalue weighted by Crippen LogP contribution is 2.34. The molecule has 7 aromatic carbocycles. The third-order valence-electron chi connectivity index (χ3n) is 16.6. The quantitative estimate of drug-likeness (QED) is 0.0370. The van der Waals surface area contributed by atoms with E-state index < -0.39 is 20.0 Å². The van der Waals surface area contributed by atoms with Crippen molar-refractivity contribution in [2.24, 2.45) is 5.92 Å². The maximum atomic E-state index is 13.6. The molecule has 1 atom stereocenters. The molecule has 1 amide bonds. The number of methoxy groups -OCH3 is 3. The van der Waals surface area contributed by atoms with Gasteiger partial charge in [0.05, 0.1) is 27.6 Å². The Balaban J connectivity index is 0.000000179. The van der Waals surface area contributed by atoms with E-state index in [0.29, 0.717) is 104 Å². The molecule has 102 heavy (non-hydrogen) atoms. The highest BCUT2D eigenvalue weighted by Gasteiger charge is 2.27. The van der Waals surface area contributed by atoms with Gasteiger partial charge in [-0.3, -0.25) is 19.7 Å². The van der Waals surface area contributed by atoms with E-state index in [2.05, 4.69) is 27.1 Å². The number of ether oxygens (including phenoxy) is 6. The largest absolute Gasteiger partial charge is 0.493 e. The smallest absolute Gasteiger partial charge is 0.252 e. The predicted molar refractivity (Wildman–Crippen MR) is 402 cm³/mol. The molecule has 11 aromatic rings. The van der Waals surface area contributed by atoms with Crippen LogP contribution in [0.1, 0.15) is 69.1 Å². The fourth-order valence-electron chi connectivity index (χ4n) is 10.9. The molecule has 0 spiro atoms. The van der Waals surface area contributed by atoms with Gasteiger partial charge in [-0.15, -0.1) is 11.3 Å². The lowest BCUT2D eigenvalue weighted by molar-refractivity contribution is -0.135. The van der Waals surface area contributed by atoms with Gasteiger partial charge in [0.15, 0.2) is 34.5 Å². The lowest BCUT2D eigenvalue weighted by atomic mass is 9.99. The van der Waals surface area contributed by atoms with Crippen LogP contribution in [0.4, 0.5) is 0 Å². The Morgan fingerprint density at radius 3 is 1.24 bits per heavy atom. The molecule has 0 fully saturated rings. The Morgan fingerprint density at radius 2 is 0.824 bits per heavy atom. The number of rotatable bonds is 34. The van der Waals surface area contributed by atoms with Crippen molar-refractivity contribution in [2.75, 3.05) is 47.2 Å². The van der Waals surface area contributed by atoms with Crippen LogP contribution in [0.15, 0.2) is 271 Å². The van der Waals surface area contributed by atoms with E-state index in [9.17, 15) is 21.6 Å². The number of nitrogens with zero attached hydrogens (tertiary/aromatic N) is 6. The van der Waals surface area contributed by atoms with E-state index in [1.54, 1.807) is 69.8 Å². The van der Waals surface area contributed by atoms with Gasteiger partial charge in [-0.2, -0.15) is 8.61 Å². The fraction of sp³-hybridized carbons (Fsp3) is 0.244. The van der Waals surface area contributed by atoms with E-state index in [-0.39, 0.29) is 24.9 Å². The van der Waals surface area contributed by atoms with Gasteiger partial charge in [0.25, 0.3) is 10.0 Å². The molecule has 0 saturated heterocycles. The van der Waals surface area contributed by atoms with E-state index in [1.807, 2.05) is 218 Å². The number of hydrogen-bond donors (Lipinski definition) is 0. The van der Waals surface area contributed by atoms with Crippen molar-refractivity contribution in [3.63, 3.8) is 0 Å². The number of thiophene rings is 1. The lowest BCUT2D eigenvalue weighted by Crippen LogP contribution is -2.36. The molecule has 0 bridgehead atoms. The van der Waals surface area contributed by atoms with Gasteiger partial charge in [0.2, 0.25) is 15.9 Å². The fourth-order valence-corrected chi connectivity index (χ4v) is 14.3. The summed E-state index contributed by atoms with van der Waals surface area (Å²) in [5.41, 5.74) is 10.2. The molecule has 17 nitrogen and oxygen atoms in total. The average molecular weight is 1430 g/mol. The average Bonchev–Trinajstić information content (AvgIpc) is 1.31. The Morgan fingerprint density at radius 1 is 0.412 bits per heavy atom. The predicted octanol–water partition coefficient (Wildman–Crippen LogP) is 15.3. The Bertz CT molecular complexity index is 4500. The number of carbonyl (C=O) groups is 1. The summed E-state index contributed by atoms with van der Waals surface area (Å²) in [6.07, 6.45) is 13.5. The first-order valence-corrected chi connectivity index (χ1v) is 37.8. The lowest BCUT2D eigenvalue weighted by Gasteiger charge is -2.26. The Labute approximate surface area is 605 Å². The molecule has 0 aliphatic carbocycles. The normalized spacial score (nSPS) is 11.5. The van der Waals surface area contributed by atoms with Crippen molar-refractivity contribution in [1.82, 2.24) is 28.5 Å². The van der Waals surface area contributed by atoms with E-state index >= 15 is 0 Å². The van der Waals surface area contributed by atoms with E-state index in [4.69, 9.17) is 28.4 Å². The molecular formula is C82H88N6O11S3. The second kappa shape index (κ2) is 39.7. The maximum Gasteiger partial charge on any atom is 0.252 e. The van der Waals surface area contributed by atoms with Crippen LogP contribution in [0, 0.1) is 5.92 Å². The molecular weight excluding hydrogens is 1340 g/mol. The van der Waals surface area contributed by atoms with Crippen molar-refractivity contribution < 1.29 is 50.1 Å².